The van der Waals surface area contributed by atoms with Crippen molar-refractivity contribution >= 4 is 15.0 Å². The smallest absolute Gasteiger partial charge is 0.430 e. The Kier molecular flexibility index (Phi) is 13.4. The van der Waals surface area contributed by atoms with E-state index >= 15 is 0 Å². The molecule has 5 nitrogen and oxygen atoms in total. The molecule has 0 saturated carbocycles. The summed E-state index contributed by atoms with van der Waals surface area (Å²) in [4.78, 5) is 0. The lowest BCUT2D eigenvalue weighted by Crippen LogP contribution is -2.07. The predicted octanol–water partition coefficient (Wildman–Crippen LogP) is -3.81. The summed E-state index contributed by atoms with van der Waals surface area (Å²) in [7, 11) is -2.92. The van der Waals surface area contributed by atoms with Crippen LogP contribution in [0, 0.1) is 0 Å². The van der Waals surface area contributed by atoms with Crippen molar-refractivity contribution in [2.24, 2.45) is 0 Å². The Morgan fingerprint density at radius 2 is 1.00 bits per heavy atom. The first-order valence-electron chi connectivity index (χ1n) is 1.41. The molecule has 0 spiro atoms. The van der Waals surface area contributed by atoms with Crippen LogP contribution in [0.25, 0.3) is 0 Å². The average molecular weight is 108 g/mol. The van der Waals surface area contributed by atoms with Crippen LogP contribution in [0.4, 0.5) is 0 Å². The maximum absolute atomic E-state index is 7.17. The Bertz CT molecular complexity index is 17.3. The monoisotopic (exact) mass is 108 g/mol. The van der Waals surface area contributed by atoms with Gasteiger partial charge in [0.25, 0.3) is 0 Å². The molecule has 0 saturated heterocycles. The van der Waals surface area contributed by atoms with Crippen LogP contribution in [-0.2, 0) is 0 Å². The highest BCUT2D eigenvalue weighted by Gasteiger charge is 1.92. The van der Waals surface area contributed by atoms with Gasteiger partial charge in [-0.15, -0.1) is 0 Å². The van der Waals surface area contributed by atoms with E-state index < -0.39 is 15.0 Å². The third-order valence-corrected chi connectivity index (χ3v) is 0. The van der Waals surface area contributed by atoms with Crippen molar-refractivity contribution in [1.82, 2.24) is 0 Å². The molecule has 7 heteroatoms. The fourth-order valence-electron chi connectivity index (χ4n) is 0. The molecule has 0 aromatic rings. The summed E-state index contributed by atoms with van der Waals surface area (Å²) in [6, 6.07) is 0. The minimum atomic E-state index is -2.17. The first-order valence-corrected chi connectivity index (χ1v) is 1.41. The quantitative estimate of drug-likeness (QED) is 0.204. The van der Waals surface area contributed by atoms with Gasteiger partial charge in [0.15, 0.2) is 0 Å². The van der Waals surface area contributed by atoms with Crippen LogP contribution in [0.1, 0.15) is 0 Å². The van der Waals surface area contributed by atoms with E-state index in [1.165, 1.54) is 0 Å². The zero-order valence-electron chi connectivity index (χ0n) is 3.52. The third-order valence-electron chi connectivity index (χ3n) is 0. The highest BCUT2D eigenvalue weighted by atomic mass is 16.5. The van der Waals surface area contributed by atoms with Crippen molar-refractivity contribution in [1.29, 1.82) is 0 Å². The van der Waals surface area contributed by atoms with Crippen LogP contribution < -0.4 is 0 Å². The van der Waals surface area contributed by atoms with Gasteiger partial charge in [-0.3, -0.25) is 0 Å². The lowest BCUT2D eigenvalue weighted by atomic mass is 10.3. The van der Waals surface area contributed by atoms with Crippen LogP contribution in [0.3, 0.4) is 0 Å². The molecular weight excluding hydrogens is 102 g/mol. The molecule has 5 N–H and O–H groups in total. The molecule has 42 valence electrons. The van der Waals surface area contributed by atoms with Crippen LogP contribution >= 0.6 is 0 Å². The van der Waals surface area contributed by atoms with E-state index in [2.05, 4.69) is 0 Å². The molecule has 0 aliphatic heterocycles. The van der Waals surface area contributed by atoms with Crippen LogP contribution in [0.2, 0.25) is 0 Å². The summed E-state index contributed by atoms with van der Waals surface area (Å²) in [6.45, 7) is 0. The van der Waals surface area contributed by atoms with Crippen molar-refractivity contribution in [3.8, 4) is 0 Å². The summed E-state index contributed by atoms with van der Waals surface area (Å²) in [5.41, 5.74) is 0. The predicted molar refractivity (Wildman–Crippen MR) is 24.0 cm³/mol. The topological polar surface area (TPSA) is 101 Å². The lowest BCUT2D eigenvalue weighted by Gasteiger charge is -1.69. The minimum absolute atomic E-state index is 0.750. The van der Waals surface area contributed by atoms with E-state index in [9.17, 15) is 0 Å². The Labute approximate surface area is 41.3 Å². The molecule has 0 amide bonds. The summed E-state index contributed by atoms with van der Waals surface area (Å²) >= 11 is 0. The Morgan fingerprint density at radius 1 is 1.00 bits per heavy atom. The van der Waals surface area contributed by atoms with Gasteiger partial charge in [0.05, 0.1) is 0 Å². The van der Waals surface area contributed by atoms with Gasteiger partial charge in [-0.05, 0) is 0 Å². The summed E-state index contributed by atoms with van der Waals surface area (Å²) < 4.78 is 0. The zero-order valence-corrected chi connectivity index (χ0v) is 3.52. The number of rotatable bonds is 0. The van der Waals surface area contributed by atoms with E-state index in [1.54, 1.807) is 0 Å². The largest absolute Gasteiger partial charge is 0.631 e. The molecule has 0 fully saturated rings. The van der Waals surface area contributed by atoms with Gasteiger partial charge in [-0.1, -0.05) is 0 Å². The maximum atomic E-state index is 7.17. The van der Waals surface area contributed by atoms with Crippen LogP contribution in [0.5, 0.6) is 0 Å². The number of hydrogen-bond acceptors (Lipinski definition) is 5. The molecule has 0 unspecified atom stereocenters. The summed E-state index contributed by atoms with van der Waals surface area (Å²) in [5.74, 6) is 0. The molecule has 0 radical (unpaired) electrons. The molecule has 0 aliphatic rings. The highest BCUT2D eigenvalue weighted by molar-refractivity contribution is 6.30. The summed E-state index contributed by atoms with van der Waals surface area (Å²) in [6.07, 6.45) is 0. The molecule has 0 aliphatic carbocycles. The van der Waals surface area contributed by atoms with Crippen molar-refractivity contribution in [2.75, 3.05) is 0 Å². The second-order valence-corrected chi connectivity index (χ2v) is 0.488. The fraction of sp³-hybridized carbons (Fsp3) is 0. The molecule has 7 heavy (non-hydrogen) atoms. The normalized spacial score (nSPS) is 5.86. The van der Waals surface area contributed by atoms with E-state index in [1.807, 2.05) is 0 Å². The molecule has 0 bridgehead atoms. The molecule has 0 rings (SSSR count). The van der Waals surface area contributed by atoms with Crippen LogP contribution in [0.15, 0.2) is 0 Å². The maximum Gasteiger partial charge on any atom is 0.631 e. The van der Waals surface area contributed by atoms with E-state index in [0.717, 1.165) is 0 Å². The average Bonchev–Trinajstić information content (AvgIpc) is 1.33. The van der Waals surface area contributed by atoms with Gasteiger partial charge in [0.1, 0.15) is 0 Å². The standard InChI is InChI=1S/BH3O3.BH3O2/c2-1(3)4;2-1-3/h2-4H;1-3H. The van der Waals surface area contributed by atoms with E-state index in [-0.39, 0.29) is 0 Å². The zero-order chi connectivity index (χ0) is 6.28. The Hall–Kier alpha value is -0.0701. The molecular formula is H6B2O5. The van der Waals surface area contributed by atoms with Crippen LogP contribution in [-0.4, -0.2) is 40.1 Å². The minimum Gasteiger partial charge on any atom is -0.430 e. The highest BCUT2D eigenvalue weighted by Crippen LogP contribution is 1.40. The fourth-order valence-corrected chi connectivity index (χ4v) is 0. The molecule has 0 atom stereocenters. The van der Waals surface area contributed by atoms with Gasteiger partial charge in [0.2, 0.25) is 0 Å². The first-order chi connectivity index (χ1) is 3.15. The van der Waals surface area contributed by atoms with Crippen molar-refractivity contribution in [3.63, 3.8) is 0 Å². The third kappa shape index (κ3) is 18600. The number of hydrogen-bond donors (Lipinski definition) is 5. The van der Waals surface area contributed by atoms with Gasteiger partial charge >= 0.3 is 15.0 Å². The van der Waals surface area contributed by atoms with Gasteiger partial charge < -0.3 is 25.1 Å². The second-order valence-electron chi connectivity index (χ2n) is 0.488. The SMILES string of the molecule is OB(O)O.OBO. The first kappa shape index (κ1) is 10.0. The van der Waals surface area contributed by atoms with Crippen molar-refractivity contribution < 1.29 is 25.1 Å². The Morgan fingerprint density at radius 3 is 1.00 bits per heavy atom. The molecule has 0 aromatic carbocycles. The van der Waals surface area contributed by atoms with Crippen molar-refractivity contribution in [2.45, 2.75) is 0 Å². The molecule has 0 heterocycles. The van der Waals surface area contributed by atoms with Gasteiger partial charge in [-0.25, -0.2) is 0 Å². The lowest BCUT2D eigenvalue weighted by molar-refractivity contribution is 0.278. The van der Waals surface area contributed by atoms with E-state index in [0.29, 0.717) is 0 Å². The van der Waals surface area contributed by atoms with E-state index in [4.69, 9.17) is 25.1 Å². The summed E-state index contributed by atoms with van der Waals surface area (Å²) in [5, 5.41) is 35.8. The molecule has 0 aromatic heterocycles. The van der Waals surface area contributed by atoms with Gasteiger partial charge in [0, 0.05) is 0 Å². The van der Waals surface area contributed by atoms with Gasteiger partial charge in [-0.2, -0.15) is 0 Å². The second kappa shape index (κ2) is 9.33. The Balaban J connectivity index is 0. The van der Waals surface area contributed by atoms with Crippen molar-refractivity contribution in [3.05, 3.63) is 0 Å².